The molecular formula is C18H20ClFN4O3. The van der Waals surface area contributed by atoms with Crippen molar-refractivity contribution in [2.45, 2.75) is 25.0 Å². The van der Waals surface area contributed by atoms with Crippen molar-refractivity contribution >= 4 is 23.5 Å². The van der Waals surface area contributed by atoms with Gasteiger partial charge in [0.2, 0.25) is 11.8 Å². The van der Waals surface area contributed by atoms with Gasteiger partial charge in [0.05, 0.1) is 7.11 Å². The maximum absolute atomic E-state index is 13.8. The second-order valence-electron chi connectivity index (χ2n) is 6.30. The van der Waals surface area contributed by atoms with E-state index in [-0.39, 0.29) is 30.0 Å². The van der Waals surface area contributed by atoms with Crippen molar-refractivity contribution in [2.75, 3.05) is 25.1 Å². The number of halogens is 2. The number of hydrogen-bond acceptors (Lipinski definition) is 6. The van der Waals surface area contributed by atoms with Crippen LogP contribution in [0.25, 0.3) is 0 Å². The number of carbonyl (C=O) groups is 1. The van der Waals surface area contributed by atoms with Crippen LogP contribution in [0, 0.1) is 5.82 Å². The lowest BCUT2D eigenvalue weighted by Crippen LogP contribution is -2.54. The van der Waals surface area contributed by atoms with Gasteiger partial charge in [-0.3, -0.25) is 4.79 Å². The molecular weight excluding hydrogens is 375 g/mol. The Kier molecular flexibility index (Phi) is 5.76. The third kappa shape index (κ3) is 4.28. The highest BCUT2D eigenvalue weighted by molar-refractivity contribution is 6.31. The van der Waals surface area contributed by atoms with Gasteiger partial charge in [0.1, 0.15) is 11.4 Å². The number of rotatable bonds is 5. The average Bonchev–Trinajstić information content (AvgIpc) is 2.68. The zero-order chi connectivity index (χ0) is 19.4. The highest BCUT2D eigenvalue weighted by atomic mass is 35.5. The summed E-state index contributed by atoms with van der Waals surface area (Å²) in [6.07, 6.45) is 1.99. The quantitative estimate of drug-likeness (QED) is 0.805. The third-order valence-corrected chi connectivity index (χ3v) is 4.96. The molecule has 1 fully saturated rings. The maximum atomic E-state index is 13.8. The molecule has 0 unspecified atom stereocenters. The first-order chi connectivity index (χ1) is 12.9. The summed E-state index contributed by atoms with van der Waals surface area (Å²) in [5.41, 5.74) is -1.34. The van der Waals surface area contributed by atoms with Crippen molar-refractivity contribution in [1.82, 2.24) is 15.3 Å². The van der Waals surface area contributed by atoms with Crippen molar-refractivity contribution in [2.24, 2.45) is 0 Å². The number of aliphatic hydroxyl groups is 1. The summed E-state index contributed by atoms with van der Waals surface area (Å²) in [7, 11) is 1.52. The number of anilines is 1. The molecule has 0 aliphatic carbocycles. The molecule has 2 N–H and O–H groups in total. The highest BCUT2D eigenvalue weighted by Crippen LogP contribution is 2.26. The Bertz CT molecular complexity index is 808. The van der Waals surface area contributed by atoms with Crippen LogP contribution in [0.4, 0.5) is 10.3 Å². The largest absolute Gasteiger partial charge is 0.481 e. The van der Waals surface area contributed by atoms with Gasteiger partial charge in [-0.2, -0.15) is 4.98 Å². The van der Waals surface area contributed by atoms with Crippen molar-refractivity contribution < 1.29 is 19.0 Å². The lowest BCUT2D eigenvalue weighted by Gasteiger charge is -2.37. The second-order valence-corrected chi connectivity index (χ2v) is 6.71. The summed E-state index contributed by atoms with van der Waals surface area (Å²) in [5, 5.41) is 13.5. The Hall–Kier alpha value is -2.45. The Morgan fingerprint density at radius 2 is 2.15 bits per heavy atom. The lowest BCUT2D eigenvalue weighted by atomic mass is 9.90. The van der Waals surface area contributed by atoms with Crippen LogP contribution in [0.1, 0.15) is 18.4 Å². The molecule has 0 spiro atoms. The Morgan fingerprint density at radius 1 is 1.41 bits per heavy atom. The summed E-state index contributed by atoms with van der Waals surface area (Å²) >= 11 is 5.96. The van der Waals surface area contributed by atoms with E-state index in [2.05, 4.69) is 15.3 Å². The molecule has 7 nitrogen and oxygen atoms in total. The molecule has 2 aromatic rings. The second kappa shape index (κ2) is 8.06. The van der Waals surface area contributed by atoms with Crippen LogP contribution in [0.2, 0.25) is 5.02 Å². The van der Waals surface area contributed by atoms with E-state index in [4.69, 9.17) is 16.3 Å². The van der Waals surface area contributed by atoms with Gasteiger partial charge < -0.3 is 20.1 Å². The van der Waals surface area contributed by atoms with Gasteiger partial charge in [-0.05, 0) is 12.1 Å². The Balaban J connectivity index is 1.60. The fourth-order valence-electron chi connectivity index (χ4n) is 2.94. The van der Waals surface area contributed by atoms with Crippen molar-refractivity contribution in [3.8, 4) is 5.88 Å². The minimum absolute atomic E-state index is 0.0879. The Labute approximate surface area is 161 Å². The normalized spacial score (nSPS) is 16.1. The summed E-state index contributed by atoms with van der Waals surface area (Å²) in [4.78, 5) is 22.8. The minimum Gasteiger partial charge on any atom is -0.481 e. The molecule has 0 saturated carbocycles. The molecule has 3 rings (SSSR count). The van der Waals surface area contributed by atoms with Gasteiger partial charge in [0.25, 0.3) is 5.91 Å². The molecule has 1 saturated heterocycles. The first kappa shape index (κ1) is 19.3. The fourth-order valence-corrected chi connectivity index (χ4v) is 3.17. The molecule has 2 heterocycles. The number of methoxy groups -OCH3 is 1. The average molecular weight is 395 g/mol. The van der Waals surface area contributed by atoms with Crippen LogP contribution in [-0.4, -0.2) is 46.8 Å². The lowest BCUT2D eigenvalue weighted by molar-refractivity contribution is -0.142. The van der Waals surface area contributed by atoms with Gasteiger partial charge in [-0.25, -0.2) is 9.37 Å². The van der Waals surface area contributed by atoms with Gasteiger partial charge in [0, 0.05) is 55.3 Å². The number of amides is 1. The highest BCUT2D eigenvalue weighted by Gasteiger charge is 2.39. The molecule has 144 valence electrons. The topological polar surface area (TPSA) is 87.6 Å². The molecule has 0 radical (unpaired) electrons. The third-order valence-electron chi connectivity index (χ3n) is 4.61. The van der Waals surface area contributed by atoms with E-state index >= 15 is 0 Å². The van der Waals surface area contributed by atoms with Crippen LogP contribution in [0.3, 0.4) is 0 Å². The first-order valence-electron chi connectivity index (χ1n) is 8.48. The zero-order valence-corrected chi connectivity index (χ0v) is 15.5. The minimum atomic E-state index is -1.53. The first-order valence-corrected chi connectivity index (χ1v) is 8.86. The number of aromatic nitrogens is 2. The SMILES string of the molecule is COc1ccnc(N2CCC(O)(C(=O)NCc3c(F)cccc3Cl)CC2)n1. The number of hydrogen-bond donors (Lipinski definition) is 2. The van der Waals surface area contributed by atoms with Crippen molar-refractivity contribution in [3.63, 3.8) is 0 Å². The molecule has 1 aromatic carbocycles. The van der Waals surface area contributed by atoms with E-state index in [1.165, 1.54) is 19.2 Å². The zero-order valence-electron chi connectivity index (χ0n) is 14.8. The number of carbonyl (C=O) groups excluding carboxylic acids is 1. The predicted molar refractivity (Wildman–Crippen MR) is 98.2 cm³/mol. The Morgan fingerprint density at radius 3 is 2.81 bits per heavy atom. The monoisotopic (exact) mass is 394 g/mol. The number of ether oxygens (including phenoxy) is 1. The van der Waals surface area contributed by atoms with Gasteiger partial charge in [0.15, 0.2) is 0 Å². The molecule has 1 aliphatic rings. The van der Waals surface area contributed by atoms with E-state index in [0.29, 0.717) is 24.9 Å². The summed E-state index contributed by atoms with van der Waals surface area (Å²) in [6, 6.07) is 5.96. The van der Waals surface area contributed by atoms with Crippen LogP contribution < -0.4 is 15.0 Å². The fraction of sp³-hybridized carbons (Fsp3) is 0.389. The number of benzene rings is 1. The molecule has 1 amide bonds. The van der Waals surface area contributed by atoms with Crippen LogP contribution >= 0.6 is 11.6 Å². The van der Waals surface area contributed by atoms with Crippen LogP contribution in [-0.2, 0) is 11.3 Å². The van der Waals surface area contributed by atoms with E-state index in [1.54, 1.807) is 18.3 Å². The van der Waals surface area contributed by atoms with E-state index in [9.17, 15) is 14.3 Å². The van der Waals surface area contributed by atoms with Gasteiger partial charge >= 0.3 is 0 Å². The summed E-state index contributed by atoms with van der Waals surface area (Å²) in [5.74, 6) is -0.122. The predicted octanol–water partition coefficient (Wildman–Crippen LogP) is 1.93. The summed E-state index contributed by atoms with van der Waals surface area (Å²) < 4.78 is 18.9. The van der Waals surface area contributed by atoms with E-state index < -0.39 is 17.3 Å². The maximum Gasteiger partial charge on any atom is 0.252 e. The molecule has 0 bridgehead atoms. The molecule has 1 aliphatic heterocycles. The van der Waals surface area contributed by atoms with Crippen LogP contribution in [0.5, 0.6) is 5.88 Å². The van der Waals surface area contributed by atoms with Gasteiger partial charge in [-0.15, -0.1) is 0 Å². The summed E-state index contributed by atoms with van der Waals surface area (Å²) in [6.45, 7) is 0.713. The smallest absolute Gasteiger partial charge is 0.252 e. The molecule has 27 heavy (non-hydrogen) atoms. The molecule has 9 heteroatoms. The number of piperidine rings is 1. The molecule has 1 aromatic heterocycles. The standard InChI is InChI=1S/C18H20ClFN4O3/c1-27-15-5-8-21-17(23-15)24-9-6-18(26,7-10-24)16(25)22-11-12-13(19)3-2-4-14(12)20/h2-5,8,26H,6-7,9-11H2,1H3,(H,22,25). The van der Waals surface area contributed by atoms with Gasteiger partial charge in [-0.1, -0.05) is 17.7 Å². The number of nitrogens with zero attached hydrogens (tertiary/aromatic N) is 3. The van der Waals surface area contributed by atoms with E-state index in [1.807, 2.05) is 4.90 Å². The van der Waals surface area contributed by atoms with Crippen LogP contribution in [0.15, 0.2) is 30.5 Å². The van der Waals surface area contributed by atoms with Crippen molar-refractivity contribution in [1.29, 1.82) is 0 Å². The number of nitrogens with one attached hydrogen (secondary N) is 1. The van der Waals surface area contributed by atoms with Crippen molar-refractivity contribution in [3.05, 3.63) is 46.9 Å². The molecule has 0 atom stereocenters. The van der Waals surface area contributed by atoms with E-state index in [0.717, 1.165) is 0 Å².